The summed E-state index contributed by atoms with van der Waals surface area (Å²) in [5.41, 5.74) is 13.5. The van der Waals surface area contributed by atoms with Crippen LogP contribution in [0, 0.1) is 11.8 Å². The zero-order valence-electron chi connectivity index (χ0n) is 21.0. The number of H-pyrrole nitrogens is 1. The van der Waals surface area contributed by atoms with E-state index < -0.39 is 23.8 Å². The molecule has 0 bridgehead atoms. The topological polar surface area (TPSA) is 150 Å². The predicted molar refractivity (Wildman–Crippen MR) is 141 cm³/mol. The fraction of sp³-hybridized carbons (Fsp3) is 0.357. The number of nitrogens with zero attached hydrogens (tertiary/aromatic N) is 1. The van der Waals surface area contributed by atoms with Gasteiger partial charge in [0.05, 0.1) is 19.4 Å². The third kappa shape index (κ3) is 8.49. The SMILES string of the molecule is COC(=O)C(CCCN=C(N)N)CC(=O)C(CC(=O)OCc1ccccc1)Cc1c[nH]c2ccccc12. The Hall–Kier alpha value is -4.14. The number of rotatable bonds is 14. The fourth-order valence-electron chi connectivity index (χ4n) is 4.29. The minimum Gasteiger partial charge on any atom is -0.469 e. The third-order valence-corrected chi connectivity index (χ3v) is 6.24. The van der Waals surface area contributed by atoms with E-state index in [2.05, 4.69) is 9.98 Å². The Morgan fingerprint density at radius 1 is 0.973 bits per heavy atom. The molecule has 37 heavy (non-hydrogen) atoms. The second-order valence-electron chi connectivity index (χ2n) is 8.95. The Morgan fingerprint density at radius 3 is 2.43 bits per heavy atom. The van der Waals surface area contributed by atoms with Crippen molar-refractivity contribution in [2.24, 2.45) is 28.3 Å². The molecule has 1 aromatic heterocycles. The van der Waals surface area contributed by atoms with Crippen LogP contribution in [-0.4, -0.2) is 42.3 Å². The number of para-hydroxylation sites is 1. The molecule has 0 radical (unpaired) electrons. The number of carbonyl (C=O) groups excluding carboxylic acids is 3. The lowest BCUT2D eigenvalue weighted by Crippen LogP contribution is -2.27. The standard InChI is InChI=1S/C28H34N4O5/c1-36-27(35)20(10-7-13-31-28(29)30)15-25(33)21(14-22-17-32-24-12-6-5-11-23(22)24)16-26(34)37-18-19-8-3-2-4-9-19/h2-6,8-9,11-12,17,20-21,32H,7,10,13-16,18H2,1H3,(H4,29,30,31). The van der Waals surface area contributed by atoms with Crippen molar-refractivity contribution in [2.45, 2.75) is 38.7 Å². The number of aliphatic imine (C=N–C) groups is 1. The quantitative estimate of drug-likeness (QED) is 0.131. The Kier molecular flexibility index (Phi) is 10.3. The van der Waals surface area contributed by atoms with E-state index in [0.717, 1.165) is 22.0 Å². The molecule has 5 N–H and O–H groups in total. The van der Waals surface area contributed by atoms with Crippen LogP contribution in [0.4, 0.5) is 0 Å². The molecule has 0 spiro atoms. The molecule has 196 valence electrons. The first-order valence-corrected chi connectivity index (χ1v) is 12.3. The first kappa shape index (κ1) is 27.4. The molecule has 0 aliphatic carbocycles. The van der Waals surface area contributed by atoms with Gasteiger partial charge in [-0.05, 0) is 36.5 Å². The maximum absolute atomic E-state index is 13.5. The average molecular weight is 507 g/mol. The molecule has 3 aromatic rings. The lowest BCUT2D eigenvalue weighted by atomic mass is 9.86. The van der Waals surface area contributed by atoms with Crippen LogP contribution in [0.5, 0.6) is 0 Å². The molecule has 0 aliphatic heterocycles. The van der Waals surface area contributed by atoms with Gasteiger partial charge in [0, 0.05) is 36.0 Å². The van der Waals surface area contributed by atoms with Gasteiger partial charge in [-0.25, -0.2) is 0 Å². The highest BCUT2D eigenvalue weighted by Crippen LogP contribution is 2.26. The lowest BCUT2D eigenvalue weighted by Gasteiger charge is -2.19. The van der Waals surface area contributed by atoms with Crippen molar-refractivity contribution in [1.29, 1.82) is 0 Å². The number of ether oxygens (including phenoxy) is 2. The number of ketones is 1. The molecule has 2 atom stereocenters. The first-order chi connectivity index (χ1) is 17.9. The summed E-state index contributed by atoms with van der Waals surface area (Å²) >= 11 is 0. The van der Waals surface area contributed by atoms with Crippen LogP contribution in [-0.2, 0) is 36.9 Å². The van der Waals surface area contributed by atoms with Crippen molar-refractivity contribution >= 4 is 34.6 Å². The molecule has 0 saturated heterocycles. The van der Waals surface area contributed by atoms with E-state index in [-0.39, 0.29) is 31.2 Å². The molecular formula is C28H34N4O5. The zero-order valence-corrected chi connectivity index (χ0v) is 21.0. The number of Topliss-reactive ketones (excluding diaryl/α,β-unsaturated/α-hetero) is 1. The molecule has 2 unspecified atom stereocenters. The molecule has 2 aromatic carbocycles. The first-order valence-electron chi connectivity index (χ1n) is 12.3. The molecule has 9 heteroatoms. The van der Waals surface area contributed by atoms with Crippen molar-refractivity contribution in [3.63, 3.8) is 0 Å². The number of hydrogen-bond acceptors (Lipinski definition) is 6. The van der Waals surface area contributed by atoms with Gasteiger partial charge in [-0.3, -0.25) is 19.4 Å². The molecule has 0 amide bonds. The average Bonchev–Trinajstić information content (AvgIpc) is 3.31. The van der Waals surface area contributed by atoms with Gasteiger partial charge in [0.1, 0.15) is 12.4 Å². The summed E-state index contributed by atoms with van der Waals surface area (Å²) in [6.07, 6.45) is 2.95. The van der Waals surface area contributed by atoms with Gasteiger partial charge >= 0.3 is 11.9 Å². The Balaban J connectivity index is 1.73. The summed E-state index contributed by atoms with van der Waals surface area (Å²) in [7, 11) is 1.29. The number of nitrogens with two attached hydrogens (primary N) is 2. The van der Waals surface area contributed by atoms with Crippen LogP contribution in [0.25, 0.3) is 10.9 Å². The minimum absolute atomic E-state index is 0.0292. The minimum atomic E-state index is -0.660. The second kappa shape index (κ2) is 13.8. The molecule has 9 nitrogen and oxygen atoms in total. The highest BCUT2D eigenvalue weighted by Gasteiger charge is 2.29. The predicted octanol–water partition coefficient (Wildman–Crippen LogP) is 3.26. The van der Waals surface area contributed by atoms with E-state index >= 15 is 0 Å². The van der Waals surface area contributed by atoms with Gasteiger partial charge < -0.3 is 25.9 Å². The van der Waals surface area contributed by atoms with E-state index in [1.54, 1.807) is 0 Å². The van der Waals surface area contributed by atoms with Crippen LogP contribution < -0.4 is 11.5 Å². The molecule has 1 heterocycles. The Bertz CT molecular complexity index is 1220. The van der Waals surface area contributed by atoms with Gasteiger partial charge in [-0.2, -0.15) is 0 Å². The highest BCUT2D eigenvalue weighted by atomic mass is 16.5. The third-order valence-electron chi connectivity index (χ3n) is 6.24. The normalized spacial score (nSPS) is 12.5. The van der Waals surface area contributed by atoms with Crippen molar-refractivity contribution < 1.29 is 23.9 Å². The van der Waals surface area contributed by atoms with E-state index in [1.165, 1.54) is 7.11 Å². The maximum Gasteiger partial charge on any atom is 0.309 e. The van der Waals surface area contributed by atoms with E-state index in [4.69, 9.17) is 20.9 Å². The van der Waals surface area contributed by atoms with Gasteiger partial charge in [0.15, 0.2) is 5.96 Å². The van der Waals surface area contributed by atoms with Crippen LogP contribution in [0.15, 0.2) is 65.8 Å². The van der Waals surface area contributed by atoms with Gasteiger partial charge in [0.2, 0.25) is 0 Å². The van der Waals surface area contributed by atoms with Crippen molar-refractivity contribution in [2.75, 3.05) is 13.7 Å². The number of fused-ring (bicyclic) bond motifs is 1. The number of aromatic amines is 1. The summed E-state index contributed by atoms with van der Waals surface area (Å²) < 4.78 is 10.4. The number of esters is 2. The van der Waals surface area contributed by atoms with Crippen molar-refractivity contribution in [1.82, 2.24) is 4.98 Å². The summed E-state index contributed by atoms with van der Waals surface area (Å²) in [4.78, 5) is 45.8. The van der Waals surface area contributed by atoms with E-state index in [0.29, 0.717) is 25.8 Å². The number of aromatic nitrogens is 1. The number of hydrogen-bond donors (Lipinski definition) is 3. The van der Waals surface area contributed by atoms with Crippen LogP contribution >= 0.6 is 0 Å². The van der Waals surface area contributed by atoms with E-state index in [9.17, 15) is 14.4 Å². The largest absolute Gasteiger partial charge is 0.469 e. The molecule has 0 fully saturated rings. The van der Waals surface area contributed by atoms with Crippen molar-refractivity contribution in [3.8, 4) is 0 Å². The maximum atomic E-state index is 13.5. The summed E-state index contributed by atoms with van der Waals surface area (Å²) in [5, 5.41) is 0.986. The molecule has 0 saturated carbocycles. The molecular weight excluding hydrogens is 472 g/mol. The van der Waals surface area contributed by atoms with Crippen LogP contribution in [0.3, 0.4) is 0 Å². The summed E-state index contributed by atoms with van der Waals surface area (Å²) in [5.74, 6) is -2.48. The monoisotopic (exact) mass is 506 g/mol. The number of nitrogens with one attached hydrogen (secondary N) is 1. The molecule has 3 rings (SSSR count). The van der Waals surface area contributed by atoms with Gasteiger partial charge in [0.25, 0.3) is 0 Å². The summed E-state index contributed by atoms with van der Waals surface area (Å²) in [6, 6.07) is 17.1. The van der Waals surface area contributed by atoms with Gasteiger partial charge in [-0.15, -0.1) is 0 Å². The summed E-state index contributed by atoms with van der Waals surface area (Å²) in [6.45, 7) is 0.470. The number of carbonyl (C=O) groups is 3. The van der Waals surface area contributed by atoms with Gasteiger partial charge in [-0.1, -0.05) is 48.5 Å². The number of guanidine groups is 1. The fourth-order valence-corrected chi connectivity index (χ4v) is 4.29. The lowest BCUT2D eigenvalue weighted by molar-refractivity contribution is -0.149. The number of methoxy groups -OCH3 is 1. The smallest absolute Gasteiger partial charge is 0.309 e. The second-order valence-corrected chi connectivity index (χ2v) is 8.95. The Morgan fingerprint density at radius 2 is 1.70 bits per heavy atom. The number of benzene rings is 2. The van der Waals surface area contributed by atoms with E-state index in [1.807, 2.05) is 60.8 Å². The molecule has 0 aliphatic rings. The zero-order chi connectivity index (χ0) is 26.6. The van der Waals surface area contributed by atoms with Crippen LogP contribution in [0.2, 0.25) is 0 Å². The van der Waals surface area contributed by atoms with Crippen LogP contribution in [0.1, 0.15) is 36.8 Å². The van der Waals surface area contributed by atoms with Crippen molar-refractivity contribution in [3.05, 3.63) is 71.9 Å². The highest BCUT2D eigenvalue weighted by molar-refractivity contribution is 5.90. The Labute approximate surface area is 216 Å².